The number of nitrogens with zero attached hydrogens (tertiary/aromatic N) is 2. The Kier molecular flexibility index (Phi) is 7.92. The fourth-order valence-electron chi connectivity index (χ4n) is 6.04. The minimum absolute atomic E-state index is 0.0696. The molecule has 2 bridgehead atoms. The minimum Gasteiger partial charge on any atom is -0.465 e. The molecule has 3 aliphatic rings. The van der Waals surface area contributed by atoms with Crippen LogP contribution in [0.2, 0.25) is 0 Å². The summed E-state index contributed by atoms with van der Waals surface area (Å²) in [6.45, 7) is 15.9. The van der Waals surface area contributed by atoms with Crippen molar-refractivity contribution in [2.24, 2.45) is 11.8 Å². The normalized spacial score (nSPS) is 32.0. The van der Waals surface area contributed by atoms with Crippen LogP contribution in [-0.2, 0) is 19.1 Å². The molecule has 0 saturated carbocycles. The maximum atomic E-state index is 14.1. The molecule has 3 fully saturated rings. The van der Waals surface area contributed by atoms with Crippen molar-refractivity contribution < 1.29 is 24.2 Å². The number of esters is 1. The van der Waals surface area contributed by atoms with E-state index in [4.69, 9.17) is 4.74 Å². The molecule has 3 rings (SSSR count). The van der Waals surface area contributed by atoms with Crippen molar-refractivity contribution in [2.45, 2.75) is 80.9 Å². The first kappa shape index (κ1) is 26.8. The quantitative estimate of drug-likeness (QED) is 0.271. The number of carbonyl (C=O) groups excluding carboxylic acids is 3. The molecule has 0 aliphatic carbocycles. The number of ether oxygens (including phenoxy) is 1. The summed E-state index contributed by atoms with van der Waals surface area (Å²) >= 11 is 1.62. The van der Waals surface area contributed by atoms with Crippen molar-refractivity contribution in [1.82, 2.24) is 9.80 Å². The third-order valence-electron chi connectivity index (χ3n) is 7.54. The fourth-order valence-corrected chi connectivity index (χ4v) is 8.37. The number of hydrogen-bond acceptors (Lipinski definition) is 6. The number of aliphatic hydroxyl groups excluding tert-OH is 1. The van der Waals surface area contributed by atoms with Crippen LogP contribution < -0.4 is 0 Å². The Morgan fingerprint density at radius 3 is 2.56 bits per heavy atom. The van der Waals surface area contributed by atoms with Crippen molar-refractivity contribution in [3.63, 3.8) is 0 Å². The number of fused-ring (bicyclic) bond motifs is 1. The van der Waals surface area contributed by atoms with Gasteiger partial charge in [-0.3, -0.25) is 14.4 Å². The largest absolute Gasteiger partial charge is 0.465 e. The molecule has 2 amide bonds. The summed E-state index contributed by atoms with van der Waals surface area (Å²) in [4.78, 5) is 44.4. The highest BCUT2D eigenvalue weighted by molar-refractivity contribution is 8.02. The minimum atomic E-state index is -0.728. The highest BCUT2D eigenvalue weighted by Gasteiger charge is 2.77. The van der Waals surface area contributed by atoms with E-state index in [-0.39, 0.29) is 30.9 Å². The van der Waals surface area contributed by atoms with Crippen molar-refractivity contribution in [1.29, 1.82) is 0 Å². The second kappa shape index (κ2) is 10.1. The third kappa shape index (κ3) is 4.43. The molecular weight excluding hydrogens is 452 g/mol. The number of β-amino-alcohol motifs (C(OH)–C–C–N with tert-alkyl or cyclic N) is 1. The van der Waals surface area contributed by atoms with Crippen LogP contribution in [-0.4, -0.2) is 80.1 Å². The van der Waals surface area contributed by atoms with Gasteiger partial charge in [-0.05, 0) is 59.8 Å². The summed E-state index contributed by atoms with van der Waals surface area (Å²) in [5.74, 6) is -1.93. The van der Waals surface area contributed by atoms with Crippen LogP contribution in [0.5, 0.6) is 0 Å². The number of thioether (sulfide) groups is 1. The van der Waals surface area contributed by atoms with Gasteiger partial charge in [0, 0.05) is 23.4 Å². The summed E-state index contributed by atoms with van der Waals surface area (Å²) in [5, 5.41) is 9.75. The average Bonchev–Trinajstić information content (AvgIpc) is 3.32. The number of aliphatic hydroxyl groups is 1. The maximum Gasteiger partial charge on any atom is 0.311 e. The Morgan fingerprint density at radius 1 is 1.26 bits per heavy atom. The van der Waals surface area contributed by atoms with Gasteiger partial charge in [-0.15, -0.1) is 24.9 Å². The van der Waals surface area contributed by atoms with Gasteiger partial charge < -0.3 is 19.6 Å². The van der Waals surface area contributed by atoms with Gasteiger partial charge >= 0.3 is 5.97 Å². The molecule has 1 N–H and O–H groups in total. The number of allylic oxidation sites excluding steroid dienone is 1. The predicted octanol–water partition coefficient (Wildman–Crippen LogP) is 3.17. The van der Waals surface area contributed by atoms with E-state index in [0.717, 1.165) is 25.7 Å². The Morgan fingerprint density at radius 2 is 1.97 bits per heavy atom. The molecule has 8 heteroatoms. The number of carbonyl (C=O) groups is 3. The summed E-state index contributed by atoms with van der Waals surface area (Å²) in [6, 6.07) is -0.728. The van der Waals surface area contributed by atoms with Crippen LogP contribution in [0.4, 0.5) is 0 Å². The lowest BCUT2D eigenvalue weighted by Crippen LogP contribution is -2.59. The van der Waals surface area contributed by atoms with E-state index in [2.05, 4.69) is 13.2 Å². The molecule has 0 aromatic heterocycles. The molecule has 7 nitrogen and oxygen atoms in total. The van der Waals surface area contributed by atoms with E-state index in [9.17, 15) is 19.5 Å². The first-order valence-electron chi connectivity index (χ1n) is 12.3. The first-order chi connectivity index (χ1) is 16.0. The summed E-state index contributed by atoms with van der Waals surface area (Å²) in [6.07, 6.45) is 7.47. The molecule has 1 spiro atoms. The molecule has 3 heterocycles. The molecule has 0 radical (unpaired) electrons. The zero-order valence-corrected chi connectivity index (χ0v) is 21.9. The lowest BCUT2D eigenvalue weighted by Gasteiger charge is -2.42. The molecule has 0 aromatic rings. The number of hydrogen-bond donors (Lipinski definition) is 1. The molecular formula is C26H40N2O5S. The number of amides is 2. The van der Waals surface area contributed by atoms with Gasteiger partial charge in [-0.1, -0.05) is 12.2 Å². The van der Waals surface area contributed by atoms with Gasteiger partial charge in [0.15, 0.2) is 0 Å². The molecule has 190 valence electrons. The van der Waals surface area contributed by atoms with Gasteiger partial charge in [-0.25, -0.2) is 0 Å². The van der Waals surface area contributed by atoms with E-state index < -0.39 is 32.9 Å². The standard InChI is InChI=1S/C26H40N2O5S/c1-7-9-10-11-17-33-23(32)19-18-21(30)27(15-16-29)20(26(18)13-12-25(19,6)34-26)22(31)28(14-8-2)24(3,4)5/h7-8,18-20,29H,1-2,9-17H2,3-6H3/t18-,19-,20?,25+,26?/m0/s1. The Labute approximate surface area is 208 Å². The van der Waals surface area contributed by atoms with Crippen molar-refractivity contribution in [3.05, 3.63) is 25.3 Å². The van der Waals surface area contributed by atoms with E-state index in [1.54, 1.807) is 22.7 Å². The van der Waals surface area contributed by atoms with Gasteiger partial charge in [0.25, 0.3) is 0 Å². The van der Waals surface area contributed by atoms with Crippen molar-refractivity contribution >= 4 is 29.5 Å². The zero-order chi connectivity index (χ0) is 25.3. The topological polar surface area (TPSA) is 87.1 Å². The van der Waals surface area contributed by atoms with E-state index in [1.807, 2.05) is 33.8 Å². The predicted molar refractivity (Wildman–Crippen MR) is 134 cm³/mol. The van der Waals surface area contributed by atoms with Gasteiger partial charge in [0.1, 0.15) is 6.04 Å². The van der Waals surface area contributed by atoms with E-state index >= 15 is 0 Å². The zero-order valence-electron chi connectivity index (χ0n) is 21.0. The molecule has 0 aromatic carbocycles. The van der Waals surface area contributed by atoms with Gasteiger partial charge in [0.2, 0.25) is 11.8 Å². The summed E-state index contributed by atoms with van der Waals surface area (Å²) < 4.78 is 4.51. The monoisotopic (exact) mass is 492 g/mol. The van der Waals surface area contributed by atoms with Gasteiger partial charge in [-0.2, -0.15) is 0 Å². The van der Waals surface area contributed by atoms with Crippen molar-refractivity contribution in [2.75, 3.05) is 26.3 Å². The molecule has 5 atom stereocenters. The third-order valence-corrected chi connectivity index (χ3v) is 9.53. The molecule has 2 unspecified atom stereocenters. The van der Waals surface area contributed by atoms with Crippen molar-refractivity contribution in [3.8, 4) is 0 Å². The summed E-state index contributed by atoms with van der Waals surface area (Å²) in [5.41, 5.74) is -0.469. The van der Waals surface area contributed by atoms with Crippen LogP contribution in [0.25, 0.3) is 0 Å². The number of rotatable bonds is 11. The van der Waals surface area contributed by atoms with Crippen LogP contribution >= 0.6 is 11.8 Å². The van der Waals surface area contributed by atoms with Crippen LogP contribution in [0, 0.1) is 11.8 Å². The second-order valence-electron chi connectivity index (χ2n) is 10.8. The number of unbranched alkanes of at least 4 members (excludes halogenated alkanes) is 2. The lowest BCUT2D eigenvalue weighted by atomic mass is 9.66. The highest BCUT2D eigenvalue weighted by atomic mass is 32.2. The second-order valence-corrected chi connectivity index (χ2v) is 12.7. The molecule has 3 aliphatic heterocycles. The van der Waals surface area contributed by atoms with Crippen LogP contribution in [0.3, 0.4) is 0 Å². The number of likely N-dealkylation sites (tertiary alicyclic amines) is 1. The van der Waals surface area contributed by atoms with E-state index in [0.29, 0.717) is 19.6 Å². The summed E-state index contributed by atoms with van der Waals surface area (Å²) in [7, 11) is 0. The van der Waals surface area contributed by atoms with Crippen LogP contribution in [0.1, 0.15) is 59.8 Å². The first-order valence-corrected chi connectivity index (χ1v) is 13.1. The lowest BCUT2D eigenvalue weighted by molar-refractivity contribution is -0.155. The molecule has 34 heavy (non-hydrogen) atoms. The maximum absolute atomic E-state index is 14.1. The fraction of sp³-hybridized carbons (Fsp3) is 0.731. The SMILES string of the molecule is C=CCCCCOC(=O)[C@@H]1[C@H]2C(=O)N(CCO)C(C(=O)N(CC=C)C(C)(C)C)C23CC[C@@]1(C)S3. The average molecular weight is 493 g/mol. The smallest absolute Gasteiger partial charge is 0.311 e. The van der Waals surface area contributed by atoms with E-state index in [1.165, 1.54) is 4.90 Å². The highest BCUT2D eigenvalue weighted by Crippen LogP contribution is 2.71. The Hall–Kier alpha value is -1.80. The Balaban J connectivity index is 1.95. The molecule has 3 saturated heterocycles. The van der Waals surface area contributed by atoms with Crippen LogP contribution in [0.15, 0.2) is 25.3 Å². The van der Waals surface area contributed by atoms with Gasteiger partial charge in [0.05, 0.1) is 29.8 Å². The Bertz CT molecular complexity index is 840.